The first-order valence-electron chi connectivity index (χ1n) is 7.20. The van der Waals surface area contributed by atoms with Crippen molar-refractivity contribution < 1.29 is 9.13 Å². The molecule has 0 bridgehead atoms. The van der Waals surface area contributed by atoms with Crippen molar-refractivity contribution in [3.8, 4) is 5.75 Å². The average Bonchev–Trinajstić information content (AvgIpc) is 2.52. The fraction of sp³-hybridized carbons (Fsp3) is 0.353. The van der Waals surface area contributed by atoms with Crippen molar-refractivity contribution in [2.45, 2.75) is 25.8 Å². The van der Waals surface area contributed by atoms with E-state index in [2.05, 4.69) is 17.2 Å². The molecule has 0 fully saturated rings. The van der Waals surface area contributed by atoms with E-state index < -0.39 is 0 Å². The number of methoxy groups -OCH3 is 1. The first kappa shape index (κ1) is 15.4. The minimum absolute atomic E-state index is 0.0572. The molecule has 1 heterocycles. The summed E-state index contributed by atoms with van der Waals surface area (Å²) < 4.78 is 19.3. The Balaban J connectivity index is 2.22. The molecule has 1 atom stereocenters. The number of ether oxygens (including phenoxy) is 1. The number of hydrogen-bond donors (Lipinski definition) is 1. The quantitative estimate of drug-likeness (QED) is 0.846. The fourth-order valence-corrected chi connectivity index (χ4v) is 2.28. The Kier molecular flexibility index (Phi) is 5.69. The number of nitrogens with one attached hydrogen (secondary N) is 1. The van der Waals surface area contributed by atoms with Crippen LogP contribution in [-0.2, 0) is 6.42 Å². The molecular formula is C17H21FN2O. The van der Waals surface area contributed by atoms with E-state index >= 15 is 0 Å². The normalized spacial score (nSPS) is 12.1. The lowest BCUT2D eigenvalue weighted by Crippen LogP contribution is -2.25. The molecule has 21 heavy (non-hydrogen) atoms. The van der Waals surface area contributed by atoms with Gasteiger partial charge in [-0.25, -0.2) is 4.39 Å². The molecule has 1 aromatic heterocycles. The van der Waals surface area contributed by atoms with Crippen LogP contribution in [0, 0.1) is 5.82 Å². The van der Waals surface area contributed by atoms with E-state index in [0.717, 1.165) is 24.9 Å². The van der Waals surface area contributed by atoms with Gasteiger partial charge in [0, 0.05) is 30.1 Å². The minimum Gasteiger partial charge on any atom is -0.497 e. The molecule has 4 heteroatoms. The fourth-order valence-electron chi connectivity index (χ4n) is 2.28. The molecule has 0 spiro atoms. The lowest BCUT2D eigenvalue weighted by Gasteiger charge is -2.20. The summed E-state index contributed by atoms with van der Waals surface area (Å²) >= 11 is 0. The Morgan fingerprint density at radius 1 is 1.24 bits per heavy atom. The van der Waals surface area contributed by atoms with Gasteiger partial charge in [-0.1, -0.05) is 13.0 Å². The molecule has 3 nitrogen and oxygen atoms in total. The van der Waals surface area contributed by atoms with Crippen molar-refractivity contribution in [1.82, 2.24) is 10.3 Å². The molecule has 0 aliphatic heterocycles. The number of benzene rings is 1. The zero-order chi connectivity index (χ0) is 15.1. The molecule has 1 unspecified atom stereocenters. The number of nitrogens with zero attached hydrogens (tertiary/aromatic N) is 1. The van der Waals surface area contributed by atoms with Crippen LogP contribution >= 0.6 is 0 Å². The molecular weight excluding hydrogens is 267 g/mol. The average molecular weight is 288 g/mol. The van der Waals surface area contributed by atoms with Crippen LogP contribution in [-0.4, -0.2) is 18.6 Å². The molecule has 2 aromatic rings. The van der Waals surface area contributed by atoms with Gasteiger partial charge in [0.1, 0.15) is 11.6 Å². The van der Waals surface area contributed by atoms with Crippen molar-refractivity contribution in [1.29, 1.82) is 0 Å². The standard InChI is InChI=1S/C17H21FN2O/c1-3-8-20-17(11-13-6-9-19-10-7-13)15-5-4-14(21-2)12-16(15)18/h4-7,9-10,12,17,20H,3,8,11H2,1-2H3. The predicted octanol–water partition coefficient (Wildman–Crippen LogP) is 3.51. The highest BCUT2D eigenvalue weighted by molar-refractivity contribution is 5.32. The molecule has 0 aliphatic carbocycles. The van der Waals surface area contributed by atoms with Gasteiger partial charge >= 0.3 is 0 Å². The van der Waals surface area contributed by atoms with Gasteiger partial charge < -0.3 is 10.1 Å². The molecule has 0 aliphatic rings. The summed E-state index contributed by atoms with van der Waals surface area (Å²) in [6.45, 7) is 2.95. The Morgan fingerprint density at radius 3 is 2.62 bits per heavy atom. The predicted molar refractivity (Wildman–Crippen MR) is 81.9 cm³/mol. The van der Waals surface area contributed by atoms with Crippen LogP contribution in [0.25, 0.3) is 0 Å². The molecule has 112 valence electrons. The van der Waals surface area contributed by atoms with Crippen molar-refractivity contribution in [3.63, 3.8) is 0 Å². The van der Waals surface area contributed by atoms with Crippen LogP contribution in [0.2, 0.25) is 0 Å². The van der Waals surface area contributed by atoms with Gasteiger partial charge in [-0.2, -0.15) is 0 Å². The molecule has 1 aromatic carbocycles. The van der Waals surface area contributed by atoms with E-state index in [-0.39, 0.29) is 11.9 Å². The number of rotatable bonds is 7. The van der Waals surface area contributed by atoms with Gasteiger partial charge in [-0.3, -0.25) is 4.98 Å². The van der Waals surface area contributed by atoms with Crippen molar-refractivity contribution in [2.24, 2.45) is 0 Å². The zero-order valence-electron chi connectivity index (χ0n) is 12.5. The summed E-state index contributed by atoms with van der Waals surface area (Å²) in [5, 5.41) is 3.41. The van der Waals surface area contributed by atoms with Crippen molar-refractivity contribution in [3.05, 3.63) is 59.7 Å². The summed E-state index contributed by atoms with van der Waals surface area (Å²) in [7, 11) is 1.54. The van der Waals surface area contributed by atoms with Crippen LogP contribution in [0.4, 0.5) is 4.39 Å². The monoisotopic (exact) mass is 288 g/mol. The van der Waals surface area contributed by atoms with Gasteiger partial charge in [0.2, 0.25) is 0 Å². The lowest BCUT2D eigenvalue weighted by atomic mass is 9.98. The third-order valence-corrected chi connectivity index (χ3v) is 3.41. The Labute approximate surface area is 125 Å². The number of hydrogen-bond acceptors (Lipinski definition) is 3. The summed E-state index contributed by atoms with van der Waals surface area (Å²) in [6, 6.07) is 8.89. The Bertz CT molecular complexity index is 560. The number of halogens is 1. The Hall–Kier alpha value is -1.94. The van der Waals surface area contributed by atoms with Crippen LogP contribution in [0.5, 0.6) is 5.75 Å². The smallest absolute Gasteiger partial charge is 0.131 e. The van der Waals surface area contributed by atoms with E-state index in [1.165, 1.54) is 13.2 Å². The molecule has 0 saturated heterocycles. The van der Waals surface area contributed by atoms with Gasteiger partial charge in [0.05, 0.1) is 7.11 Å². The minimum atomic E-state index is -0.239. The SMILES string of the molecule is CCCNC(Cc1ccncc1)c1ccc(OC)cc1F. The van der Waals surface area contributed by atoms with Crippen LogP contribution in [0.3, 0.4) is 0 Å². The second-order valence-corrected chi connectivity index (χ2v) is 4.95. The molecule has 2 rings (SSSR count). The van der Waals surface area contributed by atoms with Crippen LogP contribution in [0.15, 0.2) is 42.7 Å². The summed E-state index contributed by atoms with van der Waals surface area (Å²) in [5.41, 5.74) is 1.80. The van der Waals surface area contributed by atoms with E-state index in [4.69, 9.17) is 4.74 Å². The van der Waals surface area contributed by atoms with Gasteiger partial charge in [-0.05, 0) is 43.1 Å². The van der Waals surface area contributed by atoms with Crippen molar-refractivity contribution >= 4 is 0 Å². The van der Waals surface area contributed by atoms with E-state index in [1.807, 2.05) is 12.1 Å². The van der Waals surface area contributed by atoms with Crippen molar-refractivity contribution in [2.75, 3.05) is 13.7 Å². The van der Waals surface area contributed by atoms with E-state index in [1.54, 1.807) is 24.5 Å². The summed E-state index contributed by atoms with van der Waals surface area (Å²) in [5.74, 6) is 0.298. The highest BCUT2D eigenvalue weighted by atomic mass is 19.1. The van der Waals surface area contributed by atoms with Gasteiger partial charge in [0.25, 0.3) is 0 Å². The molecule has 0 amide bonds. The van der Waals surface area contributed by atoms with Gasteiger partial charge in [-0.15, -0.1) is 0 Å². The second kappa shape index (κ2) is 7.74. The molecule has 0 saturated carbocycles. The maximum absolute atomic E-state index is 14.3. The highest BCUT2D eigenvalue weighted by Gasteiger charge is 2.16. The summed E-state index contributed by atoms with van der Waals surface area (Å²) in [4.78, 5) is 4.02. The van der Waals surface area contributed by atoms with Gasteiger partial charge in [0.15, 0.2) is 0 Å². The largest absolute Gasteiger partial charge is 0.497 e. The van der Waals surface area contributed by atoms with Crippen LogP contribution in [0.1, 0.15) is 30.5 Å². The first-order valence-corrected chi connectivity index (χ1v) is 7.20. The molecule has 1 N–H and O–H groups in total. The lowest BCUT2D eigenvalue weighted by molar-refractivity contribution is 0.409. The van der Waals surface area contributed by atoms with Crippen LogP contribution < -0.4 is 10.1 Å². The topological polar surface area (TPSA) is 34.2 Å². The second-order valence-electron chi connectivity index (χ2n) is 4.95. The highest BCUT2D eigenvalue weighted by Crippen LogP contribution is 2.24. The summed E-state index contributed by atoms with van der Waals surface area (Å²) in [6.07, 6.45) is 5.25. The van der Waals surface area contributed by atoms with E-state index in [9.17, 15) is 4.39 Å². The number of pyridine rings is 1. The maximum atomic E-state index is 14.3. The zero-order valence-corrected chi connectivity index (χ0v) is 12.5. The molecule has 0 radical (unpaired) electrons. The Morgan fingerprint density at radius 2 is 2.00 bits per heavy atom. The van der Waals surface area contributed by atoms with E-state index in [0.29, 0.717) is 11.3 Å². The first-order chi connectivity index (χ1) is 10.2. The third kappa shape index (κ3) is 4.26. The maximum Gasteiger partial charge on any atom is 0.131 e. The number of aromatic nitrogens is 1. The third-order valence-electron chi connectivity index (χ3n) is 3.41.